The maximum atomic E-state index is 12.2. The highest BCUT2D eigenvalue weighted by Gasteiger charge is 2.35. The molecule has 0 saturated carbocycles. The number of hydrogen-bond acceptors (Lipinski definition) is 4. The topological polar surface area (TPSA) is 55.4 Å². The van der Waals surface area contributed by atoms with Gasteiger partial charge in [-0.15, -0.1) is 0 Å². The zero-order valence-corrected chi connectivity index (χ0v) is 12.2. The highest BCUT2D eigenvalue weighted by Crippen LogP contribution is 2.21. The predicted octanol–water partition coefficient (Wildman–Crippen LogP) is 2.00. The molecule has 2 atom stereocenters. The standard InChI is InChI=1S/C14H21NO3S/c1-11-3-5-13(6-4-11)15-8-10-19(16,17)14-7-9-18-12(14)2/h3-6,12,14-15H,7-10H2,1-2H3. The molecule has 0 spiro atoms. The van der Waals surface area contributed by atoms with Crippen molar-refractivity contribution < 1.29 is 13.2 Å². The third-order valence-electron chi connectivity index (χ3n) is 3.54. The number of ether oxygens (including phenoxy) is 1. The van der Waals surface area contributed by atoms with Crippen LogP contribution in [0.25, 0.3) is 0 Å². The molecule has 0 radical (unpaired) electrons. The van der Waals surface area contributed by atoms with Crippen molar-refractivity contribution in [2.45, 2.75) is 31.6 Å². The molecule has 19 heavy (non-hydrogen) atoms. The van der Waals surface area contributed by atoms with Crippen LogP contribution in [0, 0.1) is 6.92 Å². The SMILES string of the molecule is Cc1ccc(NCCS(=O)(=O)C2CCOC2C)cc1. The van der Waals surface area contributed by atoms with E-state index in [-0.39, 0.29) is 17.1 Å². The molecule has 0 bridgehead atoms. The molecule has 1 N–H and O–H groups in total. The van der Waals surface area contributed by atoms with Gasteiger partial charge in [0.05, 0.1) is 17.1 Å². The Morgan fingerprint density at radius 2 is 2.00 bits per heavy atom. The normalized spacial score (nSPS) is 23.5. The van der Waals surface area contributed by atoms with Crippen molar-refractivity contribution in [3.8, 4) is 0 Å². The molecule has 1 fully saturated rings. The van der Waals surface area contributed by atoms with Crippen LogP contribution >= 0.6 is 0 Å². The van der Waals surface area contributed by atoms with Gasteiger partial charge >= 0.3 is 0 Å². The molecule has 1 heterocycles. The maximum Gasteiger partial charge on any atom is 0.157 e. The van der Waals surface area contributed by atoms with Gasteiger partial charge in [0.25, 0.3) is 0 Å². The average molecular weight is 283 g/mol. The molecule has 106 valence electrons. The summed E-state index contributed by atoms with van der Waals surface area (Å²) in [6, 6.07) is 7.93. The lowest BCUT2D eigenvalue weighted by Crippen LogP contribution is -2.32. The first-order valence-corrected chi connectivity index (χ1v) is 8.34. The highest BCUT2D eigenvalue weighted by atomic mass is 32.2. The summed E-state index contributed by atoms with van der Waals surface area (Å²) in [5, 5.41) is 2.81. The Hall–Kier alpha value is -1.07. The fourth-order valence-corrected chi connectivity index (χ4v) is 4.15. The number of hydrogen-bond donors (Lipinski definition) is 1. The Morgan fingerprint density at radius 1 is 1.32 bits per heavy atom. The van der Waals surface area contributed by atoms with Gasteiger partial charge in [0.15, 0.2) is 9.84 Å². The van der Waals surface area contributed by atoms with Crippen LogP contribution in [0.5, 0.6) is 0 Å². The van der Waals surface area contributed by atoms with Gasteiger partial charge < -0.3 is 10.1 Å². The summed E-state index contributed by atoms with van der Waals surface area (Å²) in [5.74, 6) is 0.152. The van der Waals surface area contributed by atoms with Crippen LogP contribution in [0.3, 0.4) is 0 Å². The molecule has 1 aliphatic heterocycles. The summed E-state index contributed by atoms with van der Waals surface area (Å²) < 4.78 is 29.7. The summed E-state index contributed by atoms with van der Waals surface area (Å²) in [6.07, 6.45) is 0.443. The molecular formula is C14H21NO3S. The molecule has 1 aromatic rings. The van der Waals surface area contributed by atoms with E-state index in [0.717, 1.165) is 5.69 Å². The van der Waals surface area contributed by atoms with Crippen LogP contribution < -0.4 is 5.32 Å². The van der Waals surface area contributed by atoms with E-state index in [1.54, 1.807) is 0 Å². The van der Waals surface area contributed by atoms with Crippen molar-refractivity contribution in [1.29, 1.82) is 0 Å². The largest absolute Gasteiger partial charge is 0.384 e. The van der Waals surface area contributed by atoms with Crippen LogP contribution in [0.4, 0.5) is 5.69 Å². The molecule has 1 aromatic carbocycles. The van der Waals surface area contributed by atoms with E-state index < -0.39 is 9.84 Å². The molecule has 2 rings (SSSR count). The van der Waals surface area contributed by atoms with Crippen LogP contribution in [0.15, 0.2) is 24.3 Å². The predicted molar refractivity (Wildman–Crippen MR) is 77.3 cm³/mol. The Labute approximate surface area is 115 Å². The first-order valence-electron chi connectivity index (χ1n) is 6.63. The van der Waals surface area contributed by atoms with Crippen molar-refractivity contribution in [2.24, 2.45) is 0 Å². The van der Waals surface area contributed by atoms with Crippen LogP contribution in [-0.4, -0.2) is 38.7 Å². The number of anilines is 1. The average Bonchev–Trinajstić information content (AvgIpc) is 2.79. The van der Waals surface area contributed by atoms with E-state index >= 15 is 0 Å². The summed E-state index contributed by atoms with van der Waals surface area (Å²) in [6.45, 7) is 4.85. The molecule has 1 aliphatic rings. The second-order valence-electron chi connectivity index (χ2n) is 5.06. The van der Waals surface area contributed by atoms with Gasteiger partial charge in [-0.3, -0.25) is 0 Å². The van der Waals surface area contributed by atoms with Gasteiger partial charge in [0.2, 0.25) is 0 Å². The Bertz CT molecular complexity index is 510. The van der Waals surface area contributed by atoms with Crippen molar-refractivity contribution in [3.05, 3.63) is 29.8 Å². The monoisotopic (exact) mass is 283 g/mol. The van der Waals surface area contributed by atoms with Gasteiger partial charge in [0.1, 0.15) is 0 Å². The van der Waals surface area contributed by atoms with Gasteiger partial charge in [-0.05, 0) is 32.4 Å². The number of rotatable bonds is 5. The Kier molecular flexibility index (Phi) is 4.47. The van der Waals surface area contributed by atoms with E-state index in [9.17, 15) is 8.42 Å². The minimum absolute atomic E-state index is 0.152. The third kappa shape index (κ3) is 3.70. The molecule has 4 nitrogen and oxygen atoms in total. The van der Waals surface area contributed by atoms with E-state index in [1.807, 2.05) is 38.1 Å². The number of benzene rings is 1. The number of sulfone groups is 1. The molecule has 2 unspecified atom stereocenters. The van der Waals surface area contributed by atoms with Crippen molar-refractivity contribution in [2.75, 3.05) is 24.2 Å². The molecule has 5 heteroatoms. The van der Waals surface area contributed by atoms with E-state index in [2.05, 4.69) is 5.32 Å². The van der Waals surface area contributed by atoms with Crippen LogP contribution in [-0.2, 0) is 14.6 Å². The van der Waals surface area contributed by atoms with Crippen molar-refractivity contribution in [1.82, 2.24) is 0 Å². The fraction of sp³-hybridized carbons (Fsp3) is 0.571. The van der Waals surface area contributed by atoms with Gasteiger partial charge in [-0.25, -0.2) is 8.42 Å². The van der Waals surface area contributed by atoms with E-state index in [0.29, 0.717) is 19.6 Å². The summed E-state index contributed by atoms with van der Waals surface area (Å²) in [7, 11) is -3.08. The summed E-state index contributed by atoms with van der Waals surface area (Å²) in [5.41, 5.74) is 2.15. The van der Waals surface area contributed by atoms with Gasteiger partial charge in [-0.1, -0.05) is 17.7 Å². The number of aryl methyl sites for hydroxylation is 1. The Morgan fingerprint density at radius 3 is 2.58 bits per heavy atom. The number of nitrogens with one attached hydrogen (secondary N) is 1. The smallest absolute Gasteiger partial charge is 0.157 e. The fourth-order valence-electron chi connectivity index (χ4n) is 2.34. The molecular weight excluding hydrogens is 262 g/mol. The molecule has 0 amide bonds. The molecule has 0 aliphatic carbocycles. The lowest BCUT2D eigenvalue weighted by atomic mass is 10.2. The lowest BCUT2D eigenvalue weighted by Gasteiger charge is -2.15. The summed E-state index contributed by atoms with van der Waals surface area (Å²) >= 11 is 0. The maximum absolute atomic E-state index is 12.2. The lowest BCUT2D eigenvalue weighted by molar-refractivity contribution is 0.126. The second-order valence-corrected chi connectivity index (χ2v) is 7.40. The zero-order valence-electron chi connectivity index (χ0n) is 11.4. The highest BCUT2D eigenvalue weighted by molar-refractivity contribution is 7.92. The van der Waals surface area contributed by atoms with Crippen molar-refractivity contribution in [3.63, 3.8) is 0 Å². The second kappa shape index (κ2) is 5.92. The minimum Gasteiger partial charge on any atom is -0.384 e. The molecule has 0 aromatic heterocycles. The quantitative estimate of drug-likeness (QED) is 0.898. The summed E-state index contributed by atoms with van der Waals surface area (Å²) in [4.78, 5) is 0. The molecule has 1 saturated heterocycles. The minimum atomic E-state index is -3.08. The zero-order chi connectivity index (χ0) is 13.9. The van der Waals surface area contributed by atoms with Gasteiger partial charge in [0, 0.05) is 18.8 Å². The third-order valence-corrected chi connectivity index (χ3v) is 5.85. The van der Waals surface area contributed by atoms with E-state index in [4.69, 9.17) is 4.74 Å². The van der Waals surface area contributed by atoms with Crippen LogP contribution in [0.2, 0.25) is 0 Å². The van der Waals surface area contributed by atoms with E-state index in [1.165, 1.54) is 5.56 Å². The van der Waals surface area contributed by atoms with Gasteiger partial charge in [-0.2, -0.15) is 0 Å². The first-order chi connectivity index (χ1) is 8.99. The van der Waals surface area contributed by atoms with Crippen molar-refractivity contribution >= 4 is 15.5 Å². The first kappa shape index (κ1) is 14.3. The Balaban J connectivity index is 1.86. The van der Waals surface area contributed by atoms with Crippen LogP contribution in [0.1, 0.15) is 18.9 Å².